The first kappa shape index (κ1) is 17.6. The third-order valence-corrected chi connectivity index (χ3v) is 4.98. The lowest BCUT2D eigenvalue weighted by Crippen LogP contribution is -2.35. The molecule has 5 heteroatoms. The van der Waals surface area contributed by atoms with Gasteiger partial charge in [-0.25, -0.2) is 0 Å². The van der Waals surface area contributed by atoms with Crippen LogP contribution in [-0.4, -0.2) is 32.1 Å². The van der Waals surface area contributed by atoms with Gasteiger partial charge in [0.15, 0.2) is 0 Å². The Morgan fingerprint density at radius 3 is 2.52 bits per heavy atom. The normalized spacial score (nSPS) is 18.9. The molecule has 0 saturated carbocycles. The van der Waals surface area contributed by atoms with Crippen LogP contribution < -0.4 is 0 Å². The van der Waals surface area contributed by atoms with E-state index < -0.39 is 0 Å². The van der Waals surface area contributed by atoms with Gasteiger partial charge in [0.05, 0.1) is 23.3 Å². The zero-order valence-electron chi connectivity index (χ0n) is 15.7. The van der Waals surface area contributed by atoms with Gasteiger partial charge in [-0.15, -0.1) is 0 Å². The molecule has 2 aromatic rings. The van der Waals surface area contributed by atoms with Gasteiger partial charge in [-0.05, 0) is 58.2 Å². The third kappa shape index (κ3) is 3.60. The van der Waals surface area contributed by atoms with Crippen molar-refractivity contribution in [2.24, 2.45) is 0 Å². The molecule has 0 spiro atoms. The number of hydrogen-bond acceptors (Lipinski definition) is 3. The Balaban J connectivity index is 1.94. The topological polar surface area (TPSA) is 51.0 Å². The summed E-state index contributed by atoms with van der Waals surface area (Å²) in [7, 11) is 0. The van der Waals surface area contributed by atoms with Crippen LogP contribution in [0.1, 0.15) is 74.1 Å². The molecule has 2 aromatic heterocycles. The molecule has 0 N–H and O–H groups in total. The molecule has 134 valence electrons. The number of carbonyl (C=O) groups excluding carboxylic acids is 1. The van der Waals surface area contributed by atoms with E-state index in [1.54, 1.807) is 6.20 Å². The maximum absolute atomic E-state index is 13.4. The first-order valence-corrected chi connectivity index (χ1v) is 9.15. The third-order valence-electron chi connectivity index (χ3n) is 4.98. The molecule has 1 aliphatic rings. The smallest absolute Gasteiger partial charge is 0.257 e. The van der Waals surface area contributed by atoms with Crippen molar-refractivity contribution in [2.45, 2.75) is 65.0 Å². The summed E-state index contributed by atoms with van der Waals surface area (Å²) >= 11 is 0. The summed E-state index contributed by atoms with van der Waals surface area (Å²) in [4.78, 5) is 19.5. The largest absolute Gasteiger partial charge is 0.332 e. The second-order valence-corrected chi connectivity index (χ2v) is 7.87. The van der Waals surface area contributed by atoms with Crippen molar-refractivity contribution in [1.82, 2.24) is 19.7 Å². The predicted octanol–water partition coefficient (Wildman–Crippen LogP) is 4.10. The molecule has 25 heavy (non-hydrogen) atoms. The van der Waals surface area contributed by atoms with Gasteiger partial charge in [-0.1, -0.05) is 12.8 Å². The molecule has 3 rings (SSSR count). The van der Waals surface area contributed by atoms with Crippen molar-refractivity contribution in [3.8, 4) is 0 Å². The van der Waals surface area contributed by atoms with E-state index >= 15 is 0 Å². The molecule has 5 nitrogen and oxygen atoms in total. The van der Waals surface area contributed by atoms with Gasteiger partial charge >= 0.3 is 0 Å². The Labute approximate surface area is 150 Å². The summed E-state index contributed by atoms with van der Waals surface area (Å²) in [5.74, 6) is 0.0942. The number of nitrogens with zero attached hydrogens (tertiary/aromatic N) is 4. The highest BCUT2D eigenvalue weighted by Crippen LogP contribution is 2.32. The molecule has 0 aromatic carbocycles. The lowest BCUT2D eigenvalue weighted by molar-refractivity contribution is 0.0679. The van der Waals surface area contributed by atoms with Crippen LogP contribution in [0.15, 0.2) is 30.7 Å². The second kappa shape index (κ2) is 6.98. The van der Waals surface area contributed by atoms with E-state index in [2.05, 4.69) is 30.9 Å². The zero-order valence-corrected chi connectivity index (χ0v) is 15.7. The summed E-state index contributed by atoms with van der Waals surface area (Å²) in [6.45, 7) is 9.10. The fourth-order valence-corrected chi connectivity index (χ4v) is 3.73. The van der Waals surface area contributed by atoms with Crippen LogP contribution in [0.4, 0.5) is 0 Å². The van der Waals surface area contributed by atoms with E-state index in [4.69, 9.17) is 0 Å². The monoisotopic (exact) mass is 340 g/mol. The number of hydrogen-bond donors (Lipinski definition) is 0. The van der Waals surface area contributed by atoms with E-state index in [-0.39, 0.29) is 17.5 Å². The van der Waals surface area contributed by atoms with Crippen LogP contribution in [0, 0.1) is 6.92 Å². The van der Waals surface area contributed by atoms with Crippen LogP contribution in [-0.2, 0) is 5.54 Å². The van der Waals surface area contributed by atoms with Crippen molar-refractivity contribution < 1.29 is 4.79 Å². The summed E-state index contributed by atoms with van der Waals surface area (Å²) in [6, 6.07) is 4.18. The maximum Gasteiger partial charge on any atom is 0.257 e. The Kier molecular flexibility index (Phi) is 4.93. The number of pyridine rings is 1. The quantitative estimate of drug-likeness (QED) is 0.827. The van der Waals surface area contributed by atoms with Crippen LogP contribution in [0.3, 0.4) is 0 Å². The van der Waals surface area contributed by atoms with Gasteiger partial charge in [0.1, 0.15) is 0 Å². The molecule has 0 bridgehead atoms. The fraction of sp³-hybridized carbons (Fsp3) is 0.550. The van der Waals surface area contributed by atoms with Crippen molar-refractivity contribution in [2.75, 3.05) is 6.54 Å². The number of amides is 1. The molecule has 1 atom stereocenters. The minimum atomic E-state index is -0.133. The van der Waals surface area contributed by atoms with Crippen LogP contribution in [0.2, 0.25) is 0 Å². The van der Waals surface area contributed by atoms with E-state index in [0.717, 1.165) is 37.1 Å². The van der Waals surface area contributed by atoms with Crippen molar-refractivity contribution in [3.05, 3.63) is 47.5 Å². The summed E-state index contributed by atoms with van der Waals surface area (Å²) in [6.07, 6.45) is 9.74. The minimum Gasteiger partial charge on any atom is -0.332 e. The highest BCUT2D eigenvalue weighted by Gasteiger charge is 2.30. The Morgan fingerprint density at radius 1 is 1.16 bits per heavy atom. The summed E-state index contributed by atoms with van der Waals surface area (Å²) < 4.78 is 1.94. The average Bonchev–Trinajstić information content (AvgIpc) is 2.82. The fourth-order valence-electron chi connectivity index (χ4n) is 3.73. The lowest BCUT2D eigenvalue weighted by Gasteiger charge is -2.30. The number of rotatable bonds is 2. The van der Waals surface area contributed by atoms with Gasteiger partial charge in [-0.2, -0.15) is 5.10 Å². The highest BCUT2D eigenvalue weighted by atomic mass is 16.2. The molecule has 0 unspecified atom stereocenters. The van der Waals surface area contributed by atoms with Gasteiger partial charge in [0, 0.05) is 24.6 Å². The van der Waals surface area contributed by atoms with E-state index in [9.17, 15) is 4.79 Å². The molecule has 1 aliphatic heterocycles. The molecule has 1 saturated heterocycles. The van der Waals surface area contributed by atoms with Crippen LogP contribution in [0.5, 0.6) is 0 Å². The van der Waals surface area contributed by atoms with Crippen molar-refractivity contribution in [3.63, 3.8) is 0 Å². The van der Waals surface area contributed by atoms with Gasteiger partial charge in [0.2, 0.25) is 0 Å². The molecule has 1 fully saturated rings. The van der Waals surface area contributed by atoms with Gasteiger partial charge in [0.25, 0.3) is 5.91 Å². The first-order valence-electron chi connectivity index (χ1n) is 9.15. The molecular weight excluding hydrogens is 312 g/mol. The summed E-state index contributed by atoms with van der Waals surface area (Å²) in [5.41, 5.74) is 2.70. The molecule has 0 radical (unpaired) electrons. The number of carbonyl (C=O) groups is 1. The molecular formula is C20H28N4O. The van der Waals surface area contributed by atoms with Gasteiger partial charge in [-0.3, -0.25) is 14.5 Å². The molecule has 0 aliphatic carbocycles. The Morgan fingerprint density at radius 2 is 1.88 bits per heavy atom. The zero-order chi connectivity index (χ0) is 18.0. The first-order chi connectivity index (χ1) is 11.9. The number of aromatic nitrogens is 3. The van der Waals surface area contributed by atoms with Crippen LogP contribution in [0.25, 0.3) is 0 Å². The Bertz CT molecular complexity index is 730. The minimum absolute atomic E-state index is 0.0942. The van der Waals surface area contributed by atoms with E-state index in [1.807, 2.05) is 41.0 Å². The van der Waals surface area contributed by atoms with Crippen molar-refractivity contribution >= 4 is 5.91 Å². The van der Waals surface area contributed by atoms with E-state index in [1.165, 1.54) is 12.0 Å². The Hall–Kier alpha value is -2.17. The van der Waals surface area contributed by atoms with Gasteiger partial charge < -0.3 is 4.90 Å². The standard InChI is InChI=1S/C20H28N4O/c1-15-17(14-22-24(15)20(2,3)4)19(25)23-13-7-5-6-8-18(23)16-9-11-21-12-10-16/h9-12,14,18H,5-8,13H2,1-4H3/t18-/m0/s1. The molecule has 1 amide bonds. The SMILES string of the molecule is Cc1c(C(=O)N2CCCCC[C@H]2c2ccncc2)cnn1C(C)(C)C. The average molecular weight is 340 g/mol. The highest BCUT2D eigenvalue weighted by molar-refractivity contribution is 5.95. The van der Waals surface area contributed by atoms with Crippen molar-refractivity contribution in [1.29, 1.82) is 0 Å². The second-order valence-electron chi connectivity index (χ2n) is 7.87. The van der Waals surface area contributed by atoms with Crippen LogP contribution >= 0.6 is 0 Å². The maximum atomic E-state index is 13.4. The van der Waals surface area contributed by atoms with E-state index in [0.29, 0.717) is 0 Å². The molecule has 3 heterocycles. The summed E-state index contributed by atoms with van der Waals surface area (Å²) in [5, 5.41) is 4.48. The number of likely N-dealkylation sites (tertiary alicyclic amines) is 1. The lowest BCUT2D eigenvalue weighted by atomic mass is 10.0. The predicted molar refractivity (Wildman–Crippen MR) is 98.4 cm³/mol.